The summed E-state index contributed by atoms with van der Waals surface area (Å²) in [5, 5.41) is 3.56. The summed E-state index contributed by atoms with van der Waals surface area (Å²) < 4.78 is 0. The zero-order valence-corrected chi connectivity index (χ0v) is 15.2. The Morgan fingerprint density at radius 2 is 1.52 bits per heavy atom. The highest BCUT2D eigenvalue weighted by atomic mass is 14.9. The van der Waals surface area contributed by atoms with Crippen molar-refractivity contribution in [3.63, 3.8) is 0 Å². The second-order valence-corrected chi connectivity index (χ2v) is 8.55. The third-order valence-electron chi connectivity index (χ3n) is 6.71. The molecular formula is C20H33N. The summed E-state index contributed by atoms with van der Waals surface area (Å²) in [7, 11) is 2.10. The molecule has 1 aliphatic rings. The van der Waals surface area contributed by atoms with Crippen molar-refractivity contribution in [2.45, 2.75) is 66.3 Å². The molecule has 1 heteroatoms. The molecule has 1 unspecified atom stereocenters. The van der Waals surface area contributed by atoms with Crippen molar-refractivity contribution in [2.24, 2.45) is 16.7 Å². The maximum atomic E-state index is 3.56. The lowest BCUT2D eigenvalue weighted by molar-refractivity contribution is 0.437. The minimum Gasteiger partial charge on any atom is -0.313 e. The standard InChI is InChI=1S/C20H33N/c1-9-18(2,3)15-12-10-14(11-13-15)16(21-8)17-19(4,5)20(17,6)7/h10-13,16-17,21H,9H2,1-8H3. The van der Waals surface area contributed by atoms with E-state index in [1.807, 2.05) is 0 Å². The molecule has 1 fully saturated rings. The fourth-order valence-electron chi connectivity index (χ4n) is 3.95. The minimum atomic E-state index is 0.270. The molecule has 1 N–H and O–H groups in total. The fraction of sp³-hybridized carbons (Fsp3) is 0.700. The molecule has 1 atom stereocenters. The predicted octanol–water partition coefficient (Wildman–Crippen LogP) is 5.32. The van der Waals surface area contributed by atoms with Crippen LogP contribution in [0.5, 0.6) is 0 Å². The Balaban J connectivity index is 2.26. The molecule has 0 amide bonds. The van der Waals surface area contributed by atoms with Crippen LogP contribution in [-0.4, -0.2) is 7.05 Å². The molecule has 0 heterocycles. The first-order chi connectivity index (χ1) is 9.59. The van der Waals surface area contributed by atoms with Crippen LogP contribution in [-0.2, 0) is 5.41 Å². The van der Waals surface area contributed by atoms with Gasteiger partial charge in [0.05, 0.1) is 0 Å². The number of nitrogens with one attached hydrogen (secondary N) is 1. The minimum absolute atomic E-state index is 0.270. The third-order valence-corrected chi connectivity index (χ3v) is 6.71. The Kier molecular flexibility index (Phi) is 4.04. The lowest BCUT2D eigenvalue weighted by Crippen LogP contribution is -2.22. The van der Waals surface area contributed by atoms with Crippen LogP contribution in [0.15, 0.2) is 24.3 Å². The number of benzene rings is 1. The van der Waals surface area contributed by atoms with Gasteiger partial charge in [-0.2, -0.15) is 0 Å². The van der Waals surface area contributed by atoms with E-state index in [2.05, 4.69) is 85.1 Å². The molecule has 118 valence electrons. The molecule has 0 aliphatic heterocycles. The summed E-state index contributed by atoms with van der Waals surface area (Å²) in [6, 6.07) is 9.77. The van der Waals surface area contributed by atoms with E-state index < -0.39 is 0 Å². The molecule has 2 rings (SSSR count). The molecule has 1 aromatic rings. The number of rotatable bonds is 5. The SMILES string of the molecule is CCC(C)(C)c1ccc(C(NC)C2C(C)(C)C2(C)C)cc1. The maximum absolute atomic E-state index is 3.56. The van der Waals surface area contributed by atoms with Gasteiger partial charge in [0.2, 0.25) is 0 Å². The molecule has 0 radical (unpaired) electrons. The van der Waals surface area contributed by atoms with Gasteiger partial charge in [-0.3, -0.25) is 0 Å². The molecule has 1 nitrogen and oxygen atoms in total. The Morgan fingerprint density at radius 1 is 1.05 bits per heavy atom. The second-order valence-electron chi connectivity index (χ2n) is 8.55. The van der Waals surface area contributed by atoms with Crippen molar-refractivity contribution < 1.29 is 0 Å². The van der Waals surface area contributed by atoms with Crippen LogP contribution < -0.4 is 5.32 Å². The van der Waals surface area contributed by atoms with Crippen molar-refractivity contribution >= 4 is 0 Å². The quantitative estimate of drug-likeness (QED) is 0.773. The van der Waals surface area contributed by atoms with E-state index in [-0.39, 0.29) is 5.41 Å². The van der Waals surface area contributed by atoms with Crippen LogP contribution in [0.25, 0.3) is 0 Å². The zero-order valence-electron chi connectivity index (χ0n) is 15.2. The normalized spacial score (nSPS) is 22.1. The molecule has 0 saturated heterocycles. The topological polar surface area (TPSA) is 12.0 Å². The Morgan fingerprint density at radius 3 is 1.86 bits per heavy atom. The van der Waals surface area contributed by atoms with Gasteiger partial charge in [0, 0.05) is 6.04 Å². The molecule has 0 spiro atoms. The number of hydrogen-bond acceptors (Lipinski definition) is 1. The number of hydrogen-bond donors (Lipinski definition) is 1. The van der Waals surface area contributed by atoms with Gasteiger partial charge in [0.15, 0.2) is 0 Å². The summed E-state index contributed by atoms with van der Waals surface area (Å²) in [6.07, 6.45) is 1.17. The monoisotopic (exact) mass is 287 g/mol. The summed E-state index contributed by atoms with van der Waals surface area (Å²) in [6.45, 7) is 16.5. The van der Waals surface area contributed by atoms with Crippen LogP contribution >= 0.6 is 0 Å². The average molecular weight is 287 g/mol. The van der Waals surface area contributed by atoms with E-state index in [4.69, 9.17) is 0 Å². The van der Waals surface area contributed by atoms with Gasteiger partial charge < -0.3 is 5.32 Å². The average Bonchev–Trinajstić information content (AvgIpc) is 2.83. The van der Waals surface area contributed by atoms with Gasteiger partial charge in [0.1, 0.15) is 0 Å². The van der Waals surface area contributed by atoms with Crippen LogP contribution in [0.2, 0.25) is 0 Å². The summed E-state index contributed by atoms with van der Waals surface area (Å²) >= 11 is 0. The fourth-order valence-corrected chi connectivity index (χ4v) is 3.95. The first-order valence-electron chi connectivity index (χ1n) is 8.37. The van der Waals surface area contributed by atoms with Gasteiger partial charge in [-0.15, -0.1) is 0 Å². The van der Waals surface area contributed by atoms with Crippen molar-refractivity contribution in [1.29, 1.82) is 0 Å². The summed E-state index contributed by atoms with van der Waals surface area (Å²) in [5.41, 5.74) is 3.95. The molecular weight excluding hydrogens is 254 g/mol. The van der Waals surface area contributed by atoms with E-state index in [1.54, 1.807) is 0 Å². The lowest BCUT2D eigenvalue weighted by Gasteiger charge is -2.25. The van der Waals surface area contributed by atoms with Crippen LogP contribution in [0.4, 0.5) is 0 Å². The Labute approximate surface area is 131 Å². The van der Waals surface area contributed by atoms with Gasteiger partial charge in [-0.05, 0) is 46.8 Å². The van der Waals surface area contributed by atoms with E-state index in [1.165, 1.54) is 17.5 Å². The van der Waals surface area contributed by atoms with Gasteiger partial charge in [-0.1, -0.05) is 72.7 Å². The smallest absolute Gasteiger partial charge is 0.0356 e. The van der Waals surface area contributed by atoms with Gasteiger partial charge in [0.25, 0.3) is 0 Å². The second kappa shape index (κ2) is 5.12. The molecule has 21 heavy (non-hydrogen) atoms. The molecule has 1 aliphatic carbocycles. The molecule has 0 aromatic heterocycles. The Hall–Kier alpha value is -0.820. The molecule has 1 aromatic carbocycles. The van der Waals surface area contributed by atoms with E-state index in [0.29, 0.717) is 22.8 Å². The zero-order chi connectivity index (χ0) is 16.1. The summed E-state index contributed by atoms with van der Waals surface area (Å²) in [5.74, 6) is 0.694. The van der Waals surface area contributed by atoms with E-state index in [0.717, 1.165) is 0 Å². The van der Waals surface area contributed by atoms with E-state index in [9.17, 15) is 0 Å². The van der Waals surface area contributed by atoms with Gasteiger partial charge in [-0.25, -0.2) is 0 Å². The van der Waals surface area contributed by atoms with Crippen molar-refractivity contribution in [3.05, 3.63) is 35.4 Å². The van der Waals surface area contributed by atoms with Crippen LogP contribution in [0, 0.1) is 16.7 Å². The van der Waals surface area contributed by atoms with E-state index >= 15 is 0 Å². The maximum Gasteiger partial charge on any atom is 0.0356 e. The first-order valence-corrected chi connectivity index (χ1v) is 8.37. The predicted molar refractivity (Wildman–Crippen MR) is 92.6 cm³/mol. The third kappa shape index (κ3) is 2.54. The summed E-state index contributed by atoms with van der Waals surface area (Å²) in [4.78, 5) is 0. The highest BCUT2D eigenvalue weighted by Gasteiger charge is 2.67. The van der Waals surface area contributed by atoms with Crippen LogP contribution in [0.1, 0.15) is 72.1 Å². The molecule has 0 bridgehead atoms. The largest absolute Gasteiger partial charge is 0.313 e. The van der Waals surface area contributed by atoms with Crippen molar-refractivity contribution in [2.75, 3.05) is 7.05 Å². The van der Waals surface area contributed by atoms with Crippen LogP contribution in [0.3, 0.4) is 0 Å². The van der Waals surface area contributed by atoms with Crippen molar-refractivity contribution in [1.82, 2.24) is 5.32 Å². The van der Waals surface area contributed by atoms with Gasteiger partial charge >= 0.3 is 0 Å². The first kappa shape index (κ1) is 16.5. The Bertz CT molecular complexity index is 479. The highest BCUT2D eigenvalue weighted by molar-refractivity contribution is 5.32. The van der Waals surface area contributed by atoms with Crippen molar-refractivity contribution in [3.8, 4) is 0 Å². The molecule has 1 saturated carbocycles. The lowest BCUT2D eigenvalue weighted by atomic mass is 9.81. The highest BCUT2D eigenvalue weighted by Crippen LogP contribution is 2.72.